The summed E-state index contributed by atoms with van der Waals surface area (Å²) in [5.74, 6) is -3.49. The van der Waals surface area contributed by atoms with Gasteiger partial charge in [-0.15, -0.1) is 0 Å². The number of amides is 2. The first-order valence-corrected chi connectivity index (χ1v) is 17.5. The molecule has 0 radical (unpaired) electrons. The number of aliphatic hydroxyl groups excluding tert-OH is 1. The topological polar surface area (TPSA) is 137 Å². The molecule has 4 aromatic carbocycles. The minimum Gasteiger partial charge on any atom is -0.477 e. The Kier molecular flexibility index (Phi) is 9.67. The van der Waals surface area contributed by atoms with Gasteiger partial charge in [0.2, 0.25) is 5.91 Å². The van der Waals surface area contributed by atoms with Crippen LogP contribution in [0.5, 0.6) is 0 Å². The lowest BCUT2D eigenvalue weighted by atomic mass is 9.79. The zero-order valence-electron chi connectivity index (χ0n) is 26.6. The molecule has 3 atom stereocenters. The molecule has 0 aliphatic carbocycles. The predicted molar refractivity (Wildman–Crippen MR) is 191 cm³/mol. The van der Waals surface area contributed by atoms with Crippen LogP contribution in [0.2, 0.25) is 0 Å². The Hall–Kier alpha value is -5.63. The Balaban J connectivity index is 1.44. The molecule has 10 heteroatoms. The lowest BCUT2D eigenvalue weighted by Crippen LogP contribution is -2.68. The first kappa shape index (κ1) is 33.3. The van der Waals surface area contributed by atoms with Crippen molar-refractivity contribution in [2.45, 2.75) is 25.5 Å². The number of carboxylic acid groups (broad SMARTS) is 1. The number of rotatable bonds is 11. The van der Waals surface area contributed by atoms with E-state index in [0.29, 0.717) is 16.8 Å². The molecular weight excluding hydrogens is 637 g/mol. The predicted octanol–water partition coefficient (Wildman–Crippen LogP) is 4.32. The van der Waals surface area contributed by atoms with Crippen molar-refractivity contribution in [2.75, 3.05) is 5.32 Å². The number of pyridine rings is 1. The molecule has 49 heavy (non-hydrogen) atoms. The molecule has 0 unspecified atom stereocenters. The fourth-order valence-corrected chi connectivity index (χ4v) is 10.8. The molecule has 1 saturated heterocycles. The number of benzene rings is 4. The first-order valence-electron chi connectivity index (χ1n) is 15.8. The lowest BCUT2D eigenvalue weighted by Gasteiger charge is -2.50. The fourth-order valence-electron chi connectivity index (χ4n) is 6.51. The van der Waals surface area contributed by atoms with Crippen LogP contribution in [0.1, 0.15) is 34.1 Å². The third kappa shape index (κ3) is 6.34. The average molecular weight is 672 g/mol. The Morgan fingerprint density at radius 3 is 1.69 bits per heavy atom. The van der Waals surface area contributed by atoms with Crippen LogP contribution < -0.4 is 21.2 Å². The van der Waals surface area contributed by atoms with Crippen LogP contribution in [0, 0.1) is 5.92 Å². The van der Waals surface area contributed by atoms with Gasteiger partial charge in [0.1, 0.15) is 5.42 Å². The number of carbonyl (C=O) groups is 4. The number of β-lactam (4-membered cyclic amide) rings is 1. The Morgan fingerprint density at radius 1 is 0.755 bits per heavy atom. The summed E-state index contributed by atoms with van der Waals surface area (Å²) in [6.07, 6.45) is 1.69. The van der Waals surface area contributed by atoms with Crippen molar-refractivity contribution in [1.29, 1.82) is 0 Å². The number of likely N-dealkylation sites (tertiary alicyclic amines) is 1. The van der Waals surface area contributed by atoms with Gasteiger partial charge in [-0.05, 0) is 59.2 Å². The quantitative estimate of drug-likeness (QED) is 0.108. The van der Waals surface area contributed by atoms with Crippen molar-refractivity contribution in [2.24, 2.45) is 5.92 Å². The van der Waals surface area contributed by atoms with Crippen LogP contribution in [0.25, 0.3) is 0 Å². The van der Waals surface area contributed by atoms with E-state index in [4.69, 9.17) is 0 Å². The van der Waals surface area contributed by atoms with E-state index >= 15 is 0 Å². The van der Waals surface area contributed by atoms with Gasteiger partial charge < -0.3 is 20.4 Å². The summed E-state index contributed by atoms with van der Waals surface area (Å²) in [5, 5.41) is 26.9. The number of hydrogen-bond donors (Lipinski definition) is 3. The van der Waals surface area contributed by atoms with E-state index in [1.807, 2.05) is 91.0 Å². The molecule has 9 nitrogen and oxygen atoms in total. The molecule has 3 N–H and O–H groups in total. The number of aromatic nitrogens is 1. The Bertz CT molecular complexity index is 1930. The first-order chi connectivity index (χ1) is 23.7. The molecule has 6 rings (SSSR count). The van der Waals surface area contributed by atoms with E-state index in [1.165, 1.54) is 24.2 Å². The Morgan fingerprint density at radius 2 is 1.24 bits per heavy atom. The number of Topliss-reactive ketones (excluding diaryl/α,β-unsaturated/α-hetero) is 1. The third-order valence-electron chi connectivity index (χ3n) is 8.76. The van der Waals surface area contributed by atoms with Crippen LogP contribution >= 0.6 is 6.89 Å². The van der Waals surface area contributed by atoms with E-state index in [9.17, 15) is 29.4 Å². The van der Waals surface area contributed by atoms with Gasteiger partial charge in [-0.1, -0.05) is 91.0 Å². The minimum absolute atomic E-state index is 0.120. The average Bonchev–Trinajstić information content (AvgIpc) is 3.13. The number of nitrogens with one attached hydrogen (secondary N) is 1. The molecule has 0 saturated carbocycles. The van der Waals surface area contributed by atoms with Gasteiger partial charge in [0.25, 0.3) is 5.91 Å². The molecule has 2 amide bonds. The molecule has 246 valence electrons. The summed E-state index contributed by atoms with van der Waals surface area (Å²) in [6, 6.07) is 36.5. The normalized spacial score (nSPS) is 16.3. The van der Waals surface area contributed by atoms with E-state index in [-0.39, 0.29) is 23.5 Å². The number of nitrogens with zero attached hydrogens (tertiary/aromatic N) is 2. The molecule has 0 spiro atoms. The van der Waals surface area contributed by atoms with Crippen molar-refractivity contribution in [3.05, 3.63) is 151 Å². The number of anilines is 1. The maximum atomic E-state index is 14.0. The number of aliphatic carboxylic acids is 1. The molecule has 1 aliphatic heterocycles. The second-order valence-electron chi connectivity index (χ2n) is 11.7. The van der Waals surface area contributed by atoms with Gasteiger partial charge in [0.15, 0.2) is 5.78 Å². The SMILES string of the molecule is C[C@@H](O)[C@H]1C(=O)N(C(C(=O)O)=P(c2ccccc2)(c2ccccc2)c2ccccc2)[C@@H]1CC(=O)c1ccc(NC(=O)c2ccncc2)cc1. The van der Waals surface area contributed by atoms with Gasteiger partial charge in [-0.2, -0.15) is 0 Å². The summed E-state index contributed by atoms with van der Waals surface area (Å²) < 4.78 is 0. The van der Waals surface area contributed by atoms with Crippen molar-refractivity contribution < 1.29 is 29.4 Å². The van der Waals surface area contributed by atoms with Crippen molar-refractivity contribution >= 4 is 57.5 Å². The lowest BCUT2D eigenvalue weighted by molar-refractivity contribution is -0.156. The standard InChI is InChI=1S/C39H34N3O6P/c1-26(43)35-33(25-34(44)27-17-19-29(20-18-27)41-36(45)28-21-23-40-24-22-28)42(37(35)46)38(39(47)48)49(30-11-5-2-6-12-30,31-13-7-3-8-14-31)32-15-9-4-10-16-32/h2-24,26,33,35,43H,25H2,1H3,(H,41,45)(H,47,48)/t26-,33-,35-/m1/s1. The summed E-state index contributed by atoms with van der Waals surface area (Å²) in [5.41, 5.74) is 1.10. The largest absolute Gasteiger partial charge is 0.477 e. The second-order valence-corrected chi connectivity index (χ2v) is 15.1. The molecule has 1 aliphatic rings. The molecule has 0 bridgehead atoms. The number of carboxylic acids is 1. The third-order valence-corrected chi connectivity index (χ3v) is 13.0. The highest BCUT2D eigenvalue weighted by molar-refractivity contribution is 7.96. The second kappa shape index (κ2) is 14.2. The highest BCUT2D eigenvalue weighted by Gasteiger charge is 2.55. The number of ketones is 1. The smallest absolute Gasteiger partial charge is 0.353 e. The van der Waals surface area contributed by atoms with E-state index in [0.717, 1.165) is 15.9 Å². The minimum atomic E-state index is -3.25. The van der Waals surface area contributed by atoms with Gasteiger partial charge in [-0.3, -0.25) is 19.4 Å². The number of aliphatic hydroxyl groups is 1. The van der Waals surface area contributed by atoms with E-state index in [2.05, 4.69) is 10.3 Å². The highest BCUT2D eigenvalue weighted by atomic mass is 31.2. The van der Waals surface area contributed by atoms with E-state index in [1.54, 1.807) is 36.4 Å². The van der Waals surface area contributed by atoms with Gasteiger partial charge in [0, 0.05) is 42.5 Å². The zero-order chi connectivity index (χ0) is 34.5. The summed E-state index contributed by atoms with van der Waals surface area (Å²) in [6.45, 7) is -1.77. The van der Waals surface area contributed by atoms with Crippen molar-refractivity contribution in [1.82, 2.24) is 9.88 Å². The summed E-state index contributed by atoms with van der Waals surface area (Å²) >= 11 is 0. The van der Waals surface area contributed by atoms with Gasteiger partial charge >= 0.3 is 5.97 Å². The fraction of sp³-hybridized carbons (Fsp3) is 0.128. The van der Waals surface area contributed by atoms with Crippen LogP contribution in [-0.4, -0.2) is 61.2 Å². The van der Waals surface area contributed by atoms with Crippen molar-refractivity contribution in [3.63, 3.8) is 0 Å². The molecule has 5 aromatic rings. The molecule has 2 heterocycles. The van der Waals surface area contributed by atoms with E-state index < -0.39 is 36.8 Å². The van der Waals surface area contributed by atoms with Crippen molar-refractivity contribution in [3.8, 4) is 0 Å². The summed E-state index contributed by atoms with van der Waals surface area (Å²) in [7, 11) is 0. The zero-order valence-corrected chi connectivity index (χ0v) is 27.5. The van der Waals surface area contributed by atoms with Crippen LogP contribution in [0.3, 0.4) is 0 Å². The van der Waals surface area contributed by atoms with Crippen LogP contribution in [0.4, 0.5) is 5.69 Å². The molecular formula is C39H34N3O6P. The number of carbonyl (C=O) groups excluding carboxylic acids is 3. The highest BCUT2D eigenvalue weighted by Crippen LogP contribution is 2.49. The number of hydrogen-bond acceptors (Lipinski definition) is 6. The van der Waals surface area contributed by atoms with Gasteiger partial charge in [0.05, 0.1) is 18.1 Å². The maximum absolute atomic E-state index is 14.0. The van der Waals surface area contributed by atoms with Gasteiger partial charge in [-0.25, -0.2) is 4.79 Å². The van der Waals surface area contributed by atoms with Crippen LogP contribution in [0.15, 0.2) is 140 Å². The summed E-state index contributed by atoms with van der Waals surface area (Å²) in [4.78, 5) is 59.3. The Labute approximate surface area is 283 Å². The molecule has 1 fully saturated rings. The van der Waals surface area contributed by atoms with Crippen LogP contribution in [-0.2, 0) is 9.59 Å². The maximum Gasteiger partial charge on any atom is 0.353 e. The molecule has 1 aromatic heterocycles. The monoisotopic (exact) mass is 671 g/mol.